The summed E-state index contributed by atoms with van der Waals surface area (Å²) in [7, 11) is 0. The molecule has 0 aliphatic heterocycles. The van der Waals surface area contributed by atoms with Crippen molar-refractivity contribution in [2.45, 2.75) is 13.1 Å². The van der Waals surface area contributed by atoms with Gasteiger partial charge in [0.25, 0.3) is 0 Å². The van der Waals surface area contributed by atoms with Gasteiger partial charge in [0.15, 0.2) is 0 Å². The third-order valence-corrected chi connectivity index (χ3v) is 4.58. The van der Waals surface area contributed by atoms with Crippen molar-refractivity contribution < 1.29 is 45.0 Å². The predicted molar refractivity (Wildman–Crippen MR) is 108 cm³/mol. The molecule has 11 nitrogen and oxygen atoms in total. The number of hydrogen-bond acceptors (Lipinski definition) is 11. The fourth-order valence-corrected chi connectivity index (χ4v) is 2.16. The molecule has 0 radical (unpaired) electrons. The van der Waals surface area contributed by atoms with Crippen molar-refractivity contribution in [2.75, 3.05) is 52.9 Å². The van der Waals surface area contributed by atoms with Crippen molar-refractivity contribution in [2.24, 2.45) is 20.8 Å². The molecule has 0 atom stereocenters. The molecule has 0 heterocycles. The van der Waals surface area contributed by atoms with Crippen LogP contribution in [0.25, 0.3) is 0 Å². The first kappa shape index (κ1) is 28.7. The van der Waals surface area contributed by atoms with Gasteiger partial charge in [0.05, 0.1) is 76.8 Å². The molecule has 0 unspecified atom stereocenters. The Kier molecular flexibility index (Phi) is 15.2. The maximum absolute atomic E-state index is 9.93. The van der Waals surface area contributed by atoms with Crippen molar-refractivity contribution in [1.29, 1.82) is 0 Å². The second kappa shape index (κ2) is 16.4. The molecule has 0 aliphatic carbocycles. The molecule has 0 amide bonds. The van der Waals surface area contributed by atoms with Gasteiger partial charge >= 0.3 is 0 Å². The summed E-state index contributed by atoms with van der Waals surface area (Å²) in [5, 5.41) is 54.2. The van der Waals surface area contributed by atoms with E-state index in [1.54, 1.807) is 0 Å². The Hall–Kier alpha value is -2.30. The smallest absolute Gasteiger partial charge is 0.235 e. The van der Waals surface area contributed by atoms with Crippen molar-refractivity contribution in [1.82, 2.24) is 0 Å². The Morgan fingerprint density at radius 3 is 1.26 bits per heavy atom. The number of hydrogen-bond donors (Lipinski definition) is 6. The Labute approximate surface area is 180 Å². The third kappa shape index (κ3) is 10.0. The van der Waals surface area contributed by atoms with Gasteiger partial charge in [0, 0.05) is 0 Å². The van der Waals surface area contributed by atoms with Crippen LogP contribution in [-0.4, -0.2) is 95.7 Å². The summed E-state index contributed by atoms with van der Waals surface area (Å²) in [5.74, 6) is 0. The average molecular weight is 442 g/mol. The van der Waals surface area contributed by atoms with E-state index in [2.05, 4.69) is 9.98 Å². The lowest BCUT2D eigenvalue weighted by Gasteiger charge is -2.31. The molecule has 31 heavy (non-hydrogen) atoms. The van der Waals surface area contributed by atoms with E-state index in [1.807, 2.05) is 24.3 Å². The monoisotopic (exact) mass is 442 g/mol. The highest BCUT2D eigenvalue weighted by Crippen LogP contribution is 2.19. The van der Waals surface area contributed by atoms with E-state index in [0.717, 1.165) is 11.1 Å². The van der Waals surface area contributed by atoms with Gasteiger partial charge in [-0.2, -0.15) is 0 Å². The molecule has 0 fully saturated rings. The molecule has 0 aromatic heterocycles. The summed E-state index contributed by atoms with van der Waals surface area (Å²) in [6, 6.07) is 7.33. The van der Waals surface area contributed by atoms with Crippen LogP contribution in [0.4, 0.5) is 0 Å². The number of aliphatic imine (C=N–C) groups is 2. The van der Waals surface area contributed by atoms with E-state index in [0.29, 0.717) is 0 Å². The minimum Gasteiger partial charge on any atom is -0.396 e. The number of benzene rings is 1. The fourth-order valence-electron chi connectivity index (χ4n) is 2.16. The highest BCUT2D eigenvalue weighted by atomic mass is 16.5. The number of isocyanates is 2. The quantitative estimate of drug-likeness (QED) is 0.144. The van der Waals surface area contributed by atoms with Crippen LogP contribution in [0.5, 0.6) is 0 Å². The van der Waals surface area contributed by atoms with Crippen LogP contribution >= 0.6 is 0 Å². The van der Waals surface area contributed by atoms with E-state index in [-0.39, 0.29) is 26.3 Å². The summed E-state index contributed by atoms with van der Waals surface area (Å²) in [4.78, 5) is 26.8. The molecular weight excluding hydrogens is 412 g/mol. The minimum atomic E-state index is -1.16. The van der Waals surface area contributed by atoms with Gasteiger partial charge in [0.1, 0.15) is 0 Å². The molecule has 1 rings (SSSR count). The standard InChI is InChI=1S/C10H8N2O2.C10H22O7/c13-7-11-5-9-3-1-2-4-10(9)6-12-8-14;11-1-9(2-12,3-13)7-17-8-10(4-14,5-15)6-16/h1-4H,5-6H2;11-16H,1-8H2. The van der Waals surface area contributed by atoms with Crippen molar-refractivity contribution in [3.05, 3.63) is 35.4 Å². The number of aliphatic hydroxyl groups is 6. The maximum Gasteiger partial charge on any atom is 0.235 e. The lowest BCUT2D eigenvalue weighted by molar-refractivity contribution is -0.103. The van der Waals surface area contributed by atoms with Crippen LogP contribution in [0.2, 0.25) is 0 Å². The lowest BCUT2D eigenvalue weighted by atomic mass is 9.91. The highest BCUT2D eigenvalue weighted by Gasteiger charge is 2.32. The Bertz CT molecular complexity index is 633. The van der Waals surface area contributed by atoms with Crippen molar-refractivity contribution >= 4 is 12.2 Å². The molecule has 0 bridgehead atoms. The number of ether oxygens (including phenoxy) is 1. The van der Waals surface area contributed by atoms with Gasteiger partial charge < -0.3 is 35.4 Å². The van der Waals surface area contributed by atoms with Gasteiger partial charge in [-0.15, -0.1) is 0 Å². The van der Waals surface area contributed by atoms with E-state index in [1.165, 1.54) is 12.2 Å². The number of rotatable bonds is 14. The van der Waals surface area contributed by atoms with Crippen LogP contribution in [0.3, 0.4) is 0 Å². The molecule has 174 valence electrons. The van der Waals surface area contributed by atoms with Gasteiger partial charge in [-0.1, -0.05) is 24.3 Å². The molecular formula is C20H30N2O9. The molecule has 6 N–H and O–H groups in total. The highest BCUT2D eigenvalue weighted by molar-refractivity contribution is 5.37. The SMILES string of the molecule is O=C=NCc1ccccc1CN=C=O.OCC(CO)(CO)COCC(CO)(CO)CO. The largest absolute Gasteiger partial charge is 0.396 e. The average Bonchev–Trinajstić information content (AvgIpc) is 2.83. The zero-order chi connectivity index (χ0) is 23.6. The predicted octanol–water partition coefficient (Wildman–Crippen LogP) is -1.71. The molecule has 1 aromatic rings. The third-order valence-electron chi connectivity index (χ3n) is 4.58. The topological polar surface area (TPSA) is 189 Å². The minimum absolute atomic E-state index is 0.141. The second-order valence-electron chi connectivity index (χ2n) is 7.03. The van der Waals surface area contributed by atoms with Gasteiger partial charge in [-0.05, 0) is 11.1 Å². The van der Waals surface area contributed by atoms with Crippen molar-refractivity contribution in [3.63, 3.8) is 0 Å². The fraction of sp³-hybridized carbons (Fsp3) is 0.600. The summed E-state index contributed by atoms with van der Waals surface area (Å²) in [6.45, 7) is -2.46. The van der Waals surface area contributed by atoms with Gasteiger partial charge in [0.2, 0.25) is 12.2 Å². The number of carbonyl (C=O) groups excluding carboxylic acids is 2. The van der Waals surface area contributed by atoms with Gasteiger partial charge in [-0.25, -0.2) is 19.6 Å². The summed E-state index contributed by atoms with van der Waals surface area (Å²) >= 11 is 0. The zero-order valence-electron chi connectivity index (χ0n) is 17.2. The Morgan fingerprint density at radius 1 is 0.677 bits per heavy atom. The van der Waals surface area contributed by atoms with E-state index >= 15 is 0 Å². The lowest BCUT2D eigenvalue weighted by Crippen LogP contribution is -2.43. The van der Waals surface area contributed by atoms with E-state index < -0.39 is 50.5 Å². The van der Waals surface area contributed by atoms with Gasteiger partial charge in [-0.3, -0.25) is 0 Å². The van der Waals surface area contributed by atoms with E-state index in [9.17, 15) is 9.59 Å². The van der Waals surface area contributed by atoms with Crippen LogP contribution in [0, 0.1) is 10.8 Å². The first-order valence-electron chi connectivity index (χ1n) is 9.33. The van der Waals surface area contributed by atoms with E-state index in [4.69, 9.17) is 35.4 Å². The number of aliphatic hydroxyl groups excluding tert-OH is 6. The molecule has 0 saturated heterocycles. The van der Waals surface area contributed by atoms with Crippen LogP contribution in [0.1, 0.15) is 11.1 Å². The molecule has 0 saturated carbocycles. The van der Waals surface area contributed by atoms with Crippen LogP contribution in [-0.2, 0) is 27.4 Å². The van der Waals surface area contributed by atoms with Crippen LogP contribution < -0.4 is 0 Å². The first-order chi connectivity index (χ1) is 15.0. The zero-order valence-corrected chi connectivity index (χ0v) is 17.2. The second-order valence-corrected chi connectivity index (χ2v) is 7.03. The normalized spacial score (nSPS) is 11.0. The maximum atomic E-state index is 9.93. The molecule has 0 spiro atoms. The molecule has 0 aliphatic rings. The number of nitrogens with zero attached hydrogens (tertiary/aromatic N) is 2. The molecule has 11 heteroatoms. The molecule has 1 aromatic carbocycles. The Morgan fingerprint density at radius 2 is 1.00 bits per heavy atom. The van der Waals surface area contributed by atoms with Crippen molar-refractivity contribution in [3.8, 4) is 0 Å². The summed E-state index contributed by atoms with van der Waals surface area (Å²) < 4.78 is 5.15. The Balaban J connectivity index is 0.000000590. The first-order valence-corrected chi connectivity index (χ1v) is 9.33. The summed E-state index contributed by atoms with van der Waals surface area (Å²) in [5.41, 5.74) is -0.581. The summed E-state index contributed by atoms with van der Waals surface area (Å²) in [6.07, 6.45) is 2.93. The van der Waals surface area contributed by atoms with Crippen LogP contribution in [0.15, 0.2) is 34.3 Å².